The fourth-order valence-corrected chi connectivity index (χ4v) is 3.95. The van der Waals surface area contributed by atoms with Crippen LogP contribution in [0.15, 0.2) is 47.8 Å². The Hall–Kier alpha value is -2.97. The van der Waals surface area contributed by atoms with Crippen molar-refractivity contribution < 1.29 is 14.3 Å². The van der Waals surface area contributed by atoms with E-state index >= 15 is 0 Å². The number of carbonyl (C=O) groups is 1. The second kappa shape index (κ2) is 8.18. The monoisotopic (exact) mass is 428 g/mol. The number of hydrogen-bond donors (Lipinski definition) is 2. The maximum absolute atomic E-state index is 12.3. The van der Waals surface area contributed by atoms with Crippen molar-refractivity contribution in [2.75, 3.05) is 25.3 Å². The maximum atomic E-state index is 12.3. The van der Waals surface area contributed by atoms with Gasteiger partial charge in [0.25, 0.3) is 0 Å². The average Bonchev–Trinajstić information content (AvgIpc) is 3.09. The van der Waals surface area contributed by atoms with Gasteiger partial charge >= 0.3 is 0 Å². The van der Waals surface area contributed by atoms with Crippen LogP contribution < -0.4 is 14.8 Å². The molecular weight excluding hydrogens is 412 g/mol. The molecule has 9 heteroatoms. The van der Waals surface area contributed by atoms with Crippen molar-refractivity contribution in [3.05, 3.63) is 47.7 Å². The highest BCUT2D eigenvalue weighted by Gasteiger charge is 2.15. The maximum Gasteiger partial charge on any atom is 0.234 e. The van der Waals surface area contributed by atoms with Crippen LogP contribution in [0.25, 0.3) is 21.9 Å². The predicted molar refractivity (Wildman–Crippen MR) is 115 cm³/mol. The molecule has 0 fully saturated rings. The Morgan fingerprint density at radius 2 is 1.97 bits per heavy atom. The van der Waals surface area contributed by atoms with Crippen LogP contribution in [-0.2, 0) is 4.79 Å². The normalized spacial score (nSPS) is 11.0. The van der Waals surface area contributed by atoms with Gasteiger partial charge in [-0.3, -0.25) is 4.79 Å². The molecule has 148 valence electrons. The third-order valence-electron chi connectivity index (χ3n) is 4.30. The zero-order valence-corrected chi connectivity index (χ0v) is 17.2. The number of benzene rings is 2. The summed E-state index contributed by atoms with van der Waals surface area (Å²) in [5.41, 5.74) is 3.02. The molecule has 0 unspecified atom stereocenters. The number of anilines is 1. The third kappa shape index (κ3) is 3.94. The fourth-order valence-electron chi connectivity index (χ4n) is 3.01. The highest BCUT2D eigenvalue weighted by atomic mass is 35.5. The smallest absolute Gasteiger partial charge is 0.234 e. The number of methoxy groups -OCH3 is 2. The Morgan fingerprint density at radius 1 is 1.17 bits per heavy atom. The first-order chi connectivity index (χ1) is 14.1. The number of H-pyrrole nitrogens is 1. The molecule has 29 heavy (non-hydrogen) atoms. The topological polar surface area (TPSA) is 89.1 Å². The van der Waals surface area contributed by atoms with Gasteiger partial charge in [-0.2, -0.15) is 0 Å². The van der Waals surface area contributed by atoms with E-state index in [9.17, 15) is 4.79 Å². The molecule has 7 nitrogen and oxygen atoms in total. The molecule has 2 aromatic heterocycles. The first-order valence-corrected chi connectivity index (χ1v) is 10.0. The fraction of sp³-hybridized carbons (Fsp3) is 0.150. The van der Waals surface area contributed by atoms with Gasteiger partial charge < -0.3 is 19.8 Å². The van der Waals surface area contributed by atoms with Gasteiger partial charge in [-0.25, -0.2) is 9.97 Å². The van der Waals surface area contributed by atoms with Gasteiger partial charge in [0.2, 0.25) is 5.91 Å². The van der Waals surface area contributed by atoms with E-state index < -0.39 is 0 Å². The number of aromatic amines is 1. The van der Waals surface area contributed by atoms with Gasteiger partial charge in [-0.05, 0) is 24.3 Å². The number of nitrogens with one attached hydrogen (secondary N) is 2. The molecule has 2 aromatic carbocycles. The van der Waals surface area contributed by atoms with Crippen LogP contribution in [0.5, 0.6) is 11.5 Å². The number of halogens is 1. The highest BCUT2D eigenvalue weighted by molar-refractivity contribution is 8.00. The molecule has 2 N–H and O–H groups in total. The largest absolute Gasteiger partial charge is 0.493 e. The zero-order valence-electron chi connectivity index (χ0n) is 15.7. The van der Waals surface area contributed by atoms with Crippen LogP contribution in [0.1, 0.15) is 0 Å². The van der Waals surface area contributed by atoms with Crippen LogP contribution in [-0.4, -0.2) is 40.8 Å². The number of amides is 1. The molecule has 0 spiro atoms. The van der Waals surface area contributed by atoms with Crippen LogP contribution in [0.3, 0.4) is 0 Å². The molecule has 0 atom stereocenters. The lowest BCUT2D eigenvalue weighted by Gasteiger charge is -2.06. The summed E-state index contributed by atoms with van der Waals surface area (Å²) in [7, 11) is 3.18. The van der Waals surface area contributed by atoms with Crippen molar-refractivity contribution in [3.63, 3.8) is 0 Å². The predicted octanol–water partition coefficient (Wildman–Crippen LogP) is 4.51. The first-order valence-electron chi connectivity index (χ1n) is 8.65. The second-order valence-electron chi connectivity index (χ2n) is 6.13. The lowest BCUT2D eigenvalue weighted by atomic mass is 10.2. The summed E-state index contributed by atoms with van der Waals surface area (Å²) in [4.78, 5) is 24.4. The van der Waals surface area contributed by atoms with Gasteiger partial charge in [-0.1, -0.05) is 29.4 Å². The Morgan fingerprint density at radius 3 is 2.72 bits per heavy atom. The van der Waals surface area contributed by atoms with Crippen molar-refractivity contribution >= 4 is 56.9 Å². The number of carbonyl (C=O) groups excluding carboxylic acids is 1. The van der Waals surface area contributed by atoms with E-state index in [1.165, 1.54) is 18.1 Å². The minimum atomic E-state index is -0.150. The quantitative estimate of drug-likeness (QED) is 0.347. The van der Waals surface area contributed by atoms with E-state index in [1.807, 2.05) is 12.1 Å². The molecule has 0 aliphatic heterocycles. The Balaban J connectivity index is 1.60. The number of nitrogens with zero attached hydrogens (tertiary/aromatic N) is 2. The van der Waals surface area contributed by atoms with Crippen molar-refractivity contribution in [1.82, 2.24) is 15.0 Å². The molecule has 0 saturated heterocycles. The van der Waals surface area contributed by atoms with Crippen molar-refractivity contribution in [3.8, 4) is 11.5 Å². The summed E-state index contributed by atoms with van der Waals surface area (Å²) in [5.74, 6) is 1.29. The zero-order chi connectivity index (χ0) is 20.4. The van der Waals surface area contributed by atoms with Gasteiger partial charge in [0.05, 0.1) is 31.0 Å². The van der Waals surface area contributed by atoms with Gasteiger partial charge in [0, 0.05) is 22.2 Å². The molecule has 4 rings (SSSR count). The lowest BCUT2D eigenvalue weighted by molar-refractivity contribution is -0.113. The number of aromatic nitrogens is 3. The van der Waals surface area contributed by atoms with Crippen LogP contribution in [0.4, 0.5) is 5.69 Å². The lowest BCUT2D eigenvalue weighted by Crippen LogP contribution is -2.14. The van der Waals surface area contributed by atoms with Gasteiger partial charge in [0.1, 0.15) is 16.9 Å². The molecule has 1 amide bonds. The number of thioether (sulfide) groups is 1. The molecule has 0 bridgehead atoms. The molecule has 0 saturated carbocycles. The number of hydrogen-bond acceptors (Lipinski definition) is 6. The average molecular weight is 429 g/mol. The summed E-state index contributed by atoms with van der Waals surface area (Å²) in [6.07, 6.45) is 1.49. The number of ether oxygens (including phenoxy) is 2. The van der Waals surface area contributed by atoms with E-state index in [4.69, 9.17) is 21.1 Å². The molecule has 0 aliphatic rings. The van der Waals surface area contributed by atoms with E-state index in [2.05, 4.69) is 20.3 Å². The molecule has 4 aromatic rings. The van der Waals surface area contributed by atoms with Crippen molar-refractivity contribution in [2.45, 2.75) is 5.03 Å². The SMILES string of the molecule is COc1cc2[nH]c3c(SCC(=O)Nc4cccc(Cl)c4)ncnc3c2cc1OC. The van der Waals surface area contributed by atoms with E-state index in [0.717, 1.165) is 21.9 Å². The molecule has 2 heterocycles. The molecule has 0 radical (unpaired) electrons. The first kappa shape index (κ1) is 19.4. The highest BCUT2D eigenvalue weighted by Crippen LogP contribution is 2.36. The van der Waals surface area contributed by atoms with E-state index in [1.54, 1.807) is 38.5 Å². The number of fused-ring (bicyclic) bond motifs is 3. The third-order valence-corrected chi connectivity index (χ3v) is 5.52. The van der Waals surface area contributed by atoms with Gasteiger partial charge in [-0.15, -0.1) is 0 Å². The second-order valence-corrected chi connectivity index (χ2v) is 7.53. The number of rotatable bonds is 6. The van der Waals surface area contributed by atoms with Crippen LogP contribution in [0.2, 0.25) is 5.02 Å². The molecule has 0 aliphatic carbocycles. The summed E-state index contributed by atoms with van der Waals surface area (Å²) in [6, 6.07) is 10.8. The van der Waals surface area contributed by atoms with Gasteiger partial charge in [0.15, 0.2) is 11.5 Å². The summed E-state index contributed by atoms with van der Waals surface area (Å²) in [5, 5.41) is 4.97. The van der Waals surface area contributed by atoms with Crippen molar-refractivity contribution in [2.24, 2.45) is 0 Å². The standard InChI is InChI=1S/C20H17ClN4O3S/c1-27-15-7-13-14(8-16(15)28-2)25-19-18(13)22-10-23-20(19)29-9-17(26)24-12-5-3-4-11(21)6-12/h3-8,10,25H,9H2,1-2H3,(H,24,26). The molecular formula is C20H17ClN4O3S. The summed E-state index contributed by atoms with van der Waals surface area (Å²) in [6.45, 7) is 0. The summed E-state index contributed by atoms with van der Waals surface area (Å²) < 4.78 is 10.8. The Kier molecular flexibility index (Phi) is 5.46. The van der Waals surface area contributed by atoms with Crippen molar-refractivity contribution in [1.29, 1.82) is 0 Å². The van der Waals surface area contributed by atoms with E-state index in [-0.39, 0.29) is 11.7 Å². The minimum Gasteiger partial charge on any atom is -0.493 e. The Labute approximate surface area is 175 Å². The minimum absolute atomic E-state index is 0.150. The van der Waals surface area contributed by atoms with Crippen LogP contribution in [0, 0.1) is 0 Å². The summed E-state index contributed by atoms with van der Waals surface area (Å²) >= 11 is 7.28. The van der Waals surface area contributed by atoms with E-state index in [0.29, 0.717) is 27.2 Å². The Bertz CT molecular complexity index is 1210. The van der Waals surface area contributed by atoms with Crippen LogP contribution >= 0.6 is 23.4 Å².